The van der Waals surface area contributed by atoms with E-state index in [1.165, 1.54) is 5.56 Å². The van der Waals surface area contributed by atoms with E-state index in [4.69, 9.17) is 14.0 Å². The number of benzene rings is 2. The first-order chi connectivity index (χ1) is 19.2. The molecule has 2 heterocycles. The van der Waals surface area contributed by atoms with Crippen LogP contribution in [0.5, 0.6) is 5.75 Å². The summed E-state index contributed by atoms with van der Waals surface area (Å²) in [6.07, 6.45) is 5.07. The molecule has 1 aliphatic heterocycles. The van der Waals surface area contributed by atoms with E-state index in [0.717, 1.165) is 12.0 Å². The molecule has 1 saturated heterocycles. The standard InChI is InChI=1S/C32H36BN3O4/c1-31(2)32(3,4)40-33(39-31)29(17-16-24-11-6-5-7-12-24)36-30(37)18-20-38-27-14-10-13-25(22-27)21-26(23-34)28-15-8-9-19-35-28/h5-15,19,21-22,29H,16-18,20H2,1-4H3,(H,36,37). The van der Waals surface area contributed by atoms with Gasteiger partial charge < -0.3 is 19.4 Å². The lowest BCUT2D eigenvalue weighted by Crippen LogP contribution is -2.48. The van der Waals surface area contributed by atoms with Gasteiger partial charge in [0.15, 0.2) is 0 Å². The first kappa shape index (κ1) is 29.1. The number of rotatable bonds is 11. The summed E-state index contributed by atoms with van der Waals surface area (Å²) in [5.74, 6) is 0.176. The second-order valence-corrected chi connectivity index (χ2v) is 10.9. The number of pyridine rings is 1. The lowest BCUT2D eigenvalue weighted by molar-refractivity contribution is -0.122. The molecule has 2 aromatic carbocycles. The Labute approximate surface area is 237 Å². The lowest BCUT2D eigenvalue weighted by Gasteiger charge is -2.32. The third-order valence-electron chi connectivity index (χ3n) is 7.36. The van der Waals surface area contributed by atoms with E-state index in [1.54, 1.807) is 18.3 Å². The van der Waals surface area contributed by atoms with E-state index in [2.05, 4.69) is 28.5 Å². The molecule has 3 aromatic rings. The van der Waals surface area contributed by atoms with Gasteiger partial charge in [0.25, 0.3) is 0 Å². The first-order valence-electron chi connectivity index (χ1n) is 13.6. The summed E-state index contributed by atoms with van der Waals surface area (Å²) < 4.78 is 18.4. The SMILES string of the molecule is CC1(C)OB(C(CCc2ccccc2)NC(=O)CCOc2cccc(C=C(C#N)c3ccccn3)c2)OC1(C)C. The van der Waals surface area contributed by atoms with E-state index in [-0.39, 0.29) is 24.9 Å². The van der Waals surface area contributed by atoms with Crippen LogP contribution in [0.15, 0.2) is 79.0 Å². The van der Waals surface area contributed by atoms with Crippen LogP contribution in [0.1, 0.15) is 57.4 Å². The summed E-state index contributed by atoms with van der Waals surface area (Å²) in [4.78, 5) is 17.2. The average Bonchev–Trinajstić information content (AvgIpc) is 3.17. The molecule has 8 heteroatoms. The Balaban J connectivity index is 1.36. The Morgan fingerprint density at radius 1 is 1.05 bits per heavy atom. The van der Waals surface area contributed by atoms with Gasteiger partial charge in [0.05, 0.1) is 41.4 Å². The van der Waals surface area contributed by atoms with E-state index in [9.17, 15) is 10.1 Å². The van der Waals surface area contributed by atoms with Crippen molar-refractivity contribution in [1.82, 2.24) is 10.3 Å². The van der Waals surface area contributed by atoms with Crippen molar-refractivity contribution >= 4 is 24.7 Å². The molecule has 1 atom stereocenters. The molecule has 1 unspecified atom stereocenters. The van der Waals surface area contributed by atoms with Crippen molar-refractivity contribution < 1.29 is 18.8 Å². The summed E-state index contributed by atoms with van der Waals surface area (Å²) in [7, 11) is -0.546. The van der Waals surface area contributed by atoms with Crippen LogP contribution in [-0.2, 0) is 20.5 Å². The largest absolute Gasteiger partial charge is 0.493 e. The normalized spacial score (nSPS) is 16.7. The number of nitrogens with zero attached hydrogens (tertiary/aromatic N) is 2. The van der Waals surface area contributed by atoms with Crippen LogP contribution in [0.3, 0.4) is 0 Å². The fourth-order valence-corrected chi connectivity index (χ4v) is 4.38. The van der Waals surface area contributed by atoms with Crippen molar-refractivity contribution in [3.63, 3.8) is 0 Å². The number of carbonyl (C=O) groups is 1. The molecule has 0 bridgehead atoms. The van der Waals surface area contributed by atoms with E-state index < -0.39 is 18.3 Å². The smallest absolute Gasteiger partial charge is 0.481 e. The minimum absolute atomic E-state index is 0.134. The zero-order valence-electron chi connectivity index (χ0n) is 23.6. The van der Waals surface area contributed by atoms with E-state index in [1.807, 2.05) is 82.3 Å². The van der Waals surface area contributed by atoms with Crippen LogP contribution in [0.25, 0.3) is 11.6 Å². The molecular weight excluding hydrogens is 501 g/mol. The minimum atomic E-state index is -0.546. The van der Waals surface area contributed by atoms with E-state index in [0.29, 0.717) is 23.4 Å². The highest BCUT2D eigenvalue weighted by Gasteiger charge is 2.53. The molecule has 40 heavy (non-hydrogen) atoms. The Bertz CT molecular complexity index is 1340. The summed E-state index contributed by atoms with van der Waals surface area (Å²) in [6.45, 7) is 8.25. The van der Waals surface area contributed by atoms with Gasteiger partial charge in [-0.1, -0.05) is 48.5 Å². The molecule has 1 aromatic heterocycles. The predicted octanol–water partition coefficient (Wildman–Crippen LogP) is 5.66. The average molecular weight is 537 g/mol. The van der Waals surface area contributed by atoms with Gasteiger partial charge in [-0.25, -0.2) is 0 Å². The summed E-state index contributed by atoms with van der Waals surface area (Å²) >= 11 is 0. The Morgan fingerprint density at radius 3 is 2.45 bits per heavy atom. The number of aromatic nitrogens is 1. The molecule has 1 amide bonds. The quantitative estimate of drug-likeness (QED) is 0.251. The second kappa shape index (κ2) is 13.0. The summed E-state index contributed by atoms with van der Waals surface area (Å²) in [5.41, 5.74) is 2.10. The Kier molecular flexibility index (Phi) is 9.41. The second-order valence-electron chi connectivity index (χ2n) is 10.9. The van der Waals surface area contributed by atoms with Crippen molar-refractivity contribution in [2.24, 2.45) is 0 Å². The number of allylic oxidation sites excluding steroid dienone is 1. The zero-order chi connectivity index (χ0) is 28.6. The van der Waals surface area contributed by atoms with Gasteiger partial charge >= 0.3 is 7.12 Å². The topological polar surface area (TPSA) is 93.5 Å². The molecular formula is C32H36BN3O4. The first-order valence-corrected chi connectivity index (χ1v) is 13.6. The molecule has 1 fully saturated rings. The number of amides is 1. The highest BCUT2D eigenvalue weighted by atomic mass is 16.7. The number of nitrogens with one attached hydrogen (secondary N) is 1. The van der Waals surface area contributed by atoms with Crippen LogP contribution in [0.2, 0.25) is 0 Å². The molecule has 7 nitrogen and oxygen atoms in total. The Hall–Kier alpha value is -3.93. The van der Waals surface area contributed by atoms with Crippen molar-refractivity contribution in [3.05, 3.63) is 95.8 Å². The number of hydrogen-bond donors (Lipinski definition) is 1. The van der Waals surface area contributed by atoms with Gasteiger partial charge in [0, 0.05) is 6.20 Å². The number of nitriles is 1. The predicted molar refractivity (Wildman–Crippen MR) is 157 cm³/mol. The maximum absolute atomic E-state index is 13.0. The van der Waals surface area contributed by atoms with Crippen LogP contribution in [-0.4, -0.2) is 41.8 Å². The van der Waals surface area contributed by atoms with Gasteiger partial charge in [-0.2, -0.15) is 5.26 Å². The summed E-state index contributed by atoms with van der Waals surface area (Å²) in [5, 5.41) is 12.7. The minimum Gasteiger partial charge on any atom is -0.493 e. The van der Waals surface area contributed by atoms with Gasteiger partial charge in [0.2, 0.25) is 5.91 Å². The molecule has 0 radical (unpaired) electrons. The van der Waals surface area contributed by atoms with Crippen LogP contribution < -0.4 is 10.1 Å². The van der Waals surface area contributed by atoms with Crippen molar-refractivity contribution in [2.75, 3.05) is 6.61 Å². The van der Waals surface area contributed by atoms with Crippen molar-refractivity contribution in [2.45, 2.75) is 64.1 Å². The number of aryl methyl sites for hydroxylation is 1. The van der Waals surface area contributed by atoms with E-state index >= 15 is 0 Å². The molecule has 4 rings (SSSR count). The lowest BCUT2D eigenvalue weighted by atomic mass is 9.75. The highest BCUT2D eigenvalue weighted by molar-refractivity contribution is 6.48. The summed E-state index contributed by atoms with van der Waals surface area (Å²) in [6, 6.07) is 25.2. The maximum atomic E-state index is 13.0. The molecule has 1 aliphatic rings. The molecule has 206 valence electrons. The van der Waals surface area contributed by atoms with Gasteiger partial charge in [-0.3, -0.25) is 9.78 Å². The highest BCUT2D eigenvalue weighted by Crippen LogP contribution is 2.38. The van der Waals surface area contributed by atoms with Gasteiger partial charge in [-0.05, 0) is 82.0 Å². The number of hydrogen-bond acceptors (Lipinski definition) is 6. The number of carbonyl (C=O) groups excluding carboxylic acids is 1. The fraction of sp³-hybridized carbons (Fsp3) is 0.344. The third kappa shape index (κ3) is 7.59. The van der Waals surface area contributed by atoms with Crippen molar-refractivity contribution in [3.8, 4) is 11.8 Å². The van der Waals surface area contributed by atoms with Crippen LogP contribution >= 0.6 is 0 Å². The van der Waals surface area contributed by atoms with Crippen molar-refractivity contribution in [1.29, 1.82) is 5.26 Å². The monoisotopic (exact) mass is 537 g/mol. The Morgan fingerprint density at radius 2 is 1.77 bits per heavy atom. The number of ether oxygens (including phenoxy) is 1. The van der Waals surface area contributed by atoms with Gasteiger partial charge in [-0.15, -0.1) is 0 Å². The maximum Gasteiger partial charge on any atom is 0.481 e. The van der Waals surface area contributed by atoms with Crippen LogP contribution in [0.4, 0.5) is 0 Å². The third-order valence-corrected chi connectivity index (χ3v) is 7.36. The zero-order valence-corrected chi connectivity index (χ0v) is 23.6. The molecule has 0 aliphatic carbocycles. The van der Waals surface area contributed by atoms with Gasteiger partial charge in [0.1, 0.15) is 11.8 Å². The molecule has 0 saturated carbocycles. The molecule has 0 spiro atoms. The molecule has 1 N–H and O–H groups in total. The fourth-order valence-electron chi connectivity index (χ4n) is 4.38. The van der Waals surface area contributed by atoms with Crippen LogP contribution in [0, 0.1) is 11.3 Å².